The number of hydrogen-bond donors (Lipinski definition) is 0. The Kier molecular flexibility index (Phi) is 4.92. The van der Waals surface area contributed by atoms with Gasteiger partial charge in [0.05, 0.1) is 0 Å². The predicted molar refractivity (Wildman–Crippen MR) is 113 cm³/mol. The normalized spacial score (nSPS) is 15.1. The molecule has 1 aromatic heterocycles. The number of cyclic esters (lactones) is 1. The highest BCUT2D eigenvalue weighted by molar-refractivity contribution is 6.11. The number of fused-ring (bicyclic) bond motifs is 1. The molecule has 0 saturated carbocycles. The predicted octanol–water partition coefficient (Wildman–Crippen LogP) is 5.15. The lowest BCUT2D eigenvalue weighted by molar-refractivity contribution is -0.132. The van der Waals surface area contributed by atoms with E-state index in [4.69, 9.17) is 9.15 Å². The number of hydrogen-bond acceptors (Lipinski definition) is 5. The molecule has 0 bridgehead atoms. The quantitative estimate of drug-likeness (QED) is 0.569. The van der Waals surface area contributed by atoms with E-state index in [1.807, 2.05) is 54.6 Å². The number of anilines is 1. The van der Waals surface area contributed by atoms with Crippen LogP contribution in [0.4, 0.5) is 5.69 Å². The molecular weight excluding hydrogens is 364 g/mol. The van der Waals surface area contributed by atoms with Crippen LogP contribution in [-0.2, 0) is 9.53 Å². The highest BCUT2D eigenvalue weighted by Gasteiger charge is 2.31. The first kappa shape index (κ1) is 18.6. The van der Waals surface area contributed by atoms with E-state index in [-0.39, 0.29) is 5.57 Å². The molecule has 0 N–H and O–H groups in total. The van der Waals surface area contributed by atoms with E-state index in [2.05, 4.69) is 24.8 Å². The van der Waals surface area contributed by atoms with Gasteiger partial charge >= 0.3 is 5.97 Å². The van der Waals surface area contributed by atoms with E-state index in [0.717, 1.165) is 35.3 Å². The summed E-state index contributed by atoms with van der Waals surface area (Å²) in [5, 5.41) is 10.4. The van der Waals surface area contributed by atoms with Crippen LogP contribution < -0.4 is 4.90 Å². The SMILES string of the molecule is CCN(CC)c1ccc2cc(C=C3OC(=O)C(C#N)=C3c3ccccc3)oc2c1. The van der Waals surface area contributed by atoms with Crippen LogP contribution in [0.1, 0.15) is 25.2 Å². The molecule has 0 atom stereocenters. The van der Waals surface area contributed by atoms with Crippen molar-refractivity contribution >= 4 is 34.3 Å². The summed E-state index contributed by atoms with van der Waals surface area (Å²) >= 11 is 0. The monoisotopic (exact) mass is 384 g/mol. The second kappa shape index (κ2) is 7.69. The summed E-state index contributed by atoms with van der Waals surface area (Å²) in [6, 6.07) is 19.2. The van der Waals surface area contributed by atoms with Crippen molar-refractivity contribution in [2.24, 2.45) is 0 Å². The molecule has 0 spiro atoms. The maximum absolute atomic E-state index is 12.2. The number of nitrogens with zero attached hydrogens (tertiary/aromatic N) is 2. The van der Waals surface area contributed by atoms with E-state index in [0.29, 0.717) is 17.1 Å². The van der Waals surface area contributed by atoms with Gasteiger partial charge in [-0.2, -0.15) is 5.26 Å². The lowest BCUT2D eigenvalue weighted by atomic mass is 10.00. The Morgan fingerprint density at radius 2 is 1.83 bits per heavy atom. The smallest absolute Gasteiger partial charge is 0.355 e. The van der Waals surface area contributed by atoms with Crippen LogP contribution in [-0.4, -0.2) is 19.1 Å². The number of rotatable bonds is 5. The molecule has 144 valence electrons. The molecule has 0 unspecified atom stereocenters. The molecule has 1 aliphatic heterocycles. The lowest BCUT2D eigenvalue weighted by Crippen LogP contribution is -2.21. The topological polar surface area (TPSA) is 66.5 Å². The average molecular weight is 384 g/mol. The summed E-state index contributed by atoms with van der Waals surface area (Å²) in [5.41, 5.74) is 3.10. The molecule has 2 heterocycles. The van der Waals surface area contributed by atoms with Crippen LogP contribution in [0.5, 0.6) is 0 Å². The number of carbonyl (C=O) groups excluding carboxylic acids is 1. The summed E-state index contributed by atoms with van der Waals surface area (Å²) in [6.07, 6.45) is 1.67. The maximum atomic E-state index is 12.2. The first-order valence-electron chi connectivity index (χ1n) is 9.57. The van der Waals surface area contributed by atoms with Crippen LogP contribution in [0, 0.1) is 11.3 Å². The first-order valence-corrected chi connectivity index (χ1v) is 9.57. The van der Waals surface area contributed by atoms with Gasteiger partial charge < -0.3 is 14.1 Å². The second-order valence-corrected chi connectivity index (χ2v) is 6.67. The van der Waals surface area contributed by atoms with Crippen molar-refractivity contribution in [2.45, 2.75) is 13.8 Å². The van der Waals surface area contributed by atoms with Gasteiger partial charge in [-0.25, -0.2) is 4.79 Å². The van der Waals surface area contributed by atoms with Gasteiger partial charge in [-0.1, -0.05) is 30.3 Å². The summed E-state index contributed by atoms with van der Waals surface area (Å²) in [7, 11) is 0. The van der Waals surface area contributed by atoms with E-state index in [9.17, 15) is 10.1 Å². The molecule has 0 aliphatic carbocycles. The van der Waals surface area contributed by atoms with Crippen molar-refractivity contribution in [3.8, 4) is 6.07 Å². The number of allylic oxidation sites excluding steroid dienone is 1. The standard InChI is InChI=1S/C24H20N2O3/c1-3-26(4-2)18-11-10-17-12-19(28-21(17)13-18)14-22-23(16-8-6-5-7-9-16)20(15-25)24(27)29-22/h5-14H,3-4H2,1-2H3. The Labute approximate surface area is 169 Å². The van der Waals surface area contributed by atoms with Gasteiger partial charge in [0, 0.05) is 41.9 Å². The van der Waals surface area contributed by atoms with E-state index in [1.54, 1.807) is 6.08 Å². The Balaban J connectivity index is 1.77. The molecule has 29 heavy (non-hydrogen) atoms. The molecule has 0 amide bonds. The van der Waals surface area contributed by atoms with Gasteiger partial charge in [0.25, 0.3) is 0 Å². The Hall–Kier alpha value is -3.78. The van der Waals surface area contributed by atoms with Crippen molar-refractivity contribution < 1.29 is 13.9 Å². The maximum Gasteiger partial charge on any atom is 0.355 e. The minimum Gasteiger partial charge on any atom is -0.456 e. The Bertz CT molecular complexity index is 1180. The number of carbonyl (C=O) groups is 1. The molecule has 1 aliphatic rings. The van der Waals surface area contributed by atoms with E-state index < -0.39 is 5.97 Å². The molecule has 0 fully saturated rings. The fraction of sp³-hybridized carbons (Fsp3) is 0.167. The summed E-state index contributed by atoms with van der Waals surface area (Å²) < 4.78 is 11.4. The van der Waals surface area contributed by atoms with Crippen LogP contribution in [0.2, 0.25) is 0 Å². The average Bonchev–Trinajstić information content (AvgIpc) is 3.28. The van der Waals surface area contributed by atoms with Crippen molar-refractivity contribution in [1.82, 2.24) is 0 Å². The first-order chi connectivity index (χ1) is 14.1. The molecule has 3 aromatic rings. The number of benzene rings is 2. The fourth-order valence-corrected chi connectivity index (χ4v) is 3.55. The third-order valence-electron chi connectivity index (χ3n) is 5.00. The molecular formula is C24H20N2O3. The number of ether oxygens (including phenoxy) is 1. The highest BCUT2D eigenvalue weighted by atomic mass is 16.5. The second-order valence-electron chi connectivity index (χ2n) is 6.67. The highest BCUT2D eigenvalue weighted by Crippen LogP contribution is 2.36. The Morgan fingerprint density at radius 3 is 2.52 bits per heavy atom. The minimum absolute atomic E-state index is 0.00220. The molecule has 5 heteroatoms. The van der Waals surface area contributed by atoms with Crippen LogP contribution in [0.15, 0.2) is 70.3 Å². The lowest BCUT2D eigenvalue weighted by Gasteiger charge is -2.20. The van der Waals surface area contributed by atoms with E-state index in [1.165, 1.54) is 0 Å². The molecule has 2 aromatic carbocycles. The van der Waals surface area contributed by atoms with Crippen molar-refractivity contribution in [3.05, 3.63) is 77.3 Å². The summed E-state index contributed by atoms with van der Waals surface area (Å²) in [5.74, 6) is 0.241. The van der Waals surface area contributed by atoms with Gasteiger partial charge in [0.15, 0.2) is 0 Å². The largest absolute Gasteiger partial charge is 0.456 e. The number of nitriles is 1. The van der Waals surface area contributed by atoms with Gasteiger partial charge in [-0.15, -0.1) is 0 Å². The number of esters is 1. The zero-order valence-electron chi connectivity index (χ0n) is 16.3. The van der Waals surface area contributed by atoms with Crippen LogP contribution in [0.3, 0.4) is 0 Å². The van der Waals surface area contributed by atoms with Gasteiger partial charge in [-0.05, 0) is 37.6 Å². The van der Waals surface area contributed by atoms with Crippen molar-refractivity contribution in [3.63, 3.8) is 0 Å². The zero-order chi connectivity index (χ0) is 20.4. The number of furan rings is 1. The molecule has 0 radical (unpaired) electrons. The van der Waals surface area contributed by atoms with Crippen LogP contribution in [0.25, 0.3) is 22.6 Å². The summed E-state index contributed by atoms with van der Waals surface area (Å²) in [6.45, 7) is 6.06. The third kappa shape index (κ3) is 3.41. The molecule has 5 nitrogen and oxygen atoms in total. The Morgan fingerprint density at radius 1 is 1.07 bits per heavy atom. The van der Waals surface area contributed by atoms with E-state index >= 15 is 0 Å². The molecule has 0 saturated heterocycles. The minimum atomic E-state index is -0.641. The third-order valence-corrected chi connectivity index (χ3v) is 5.00. The van der Waals surface area contributed by atoms with Gasteiger partial charge in [0.2, 0.25) is 0 Å². The summed E-state index contributed by atoms with van der Waals surface area (Å²) in [4.78, 5) is 14.4. The molecule has 4 rings (SSSR count). The van der Waals surface area contributed by atoms with Gasteiger partial charge in [0.1, 0.15) is 28.7 Å². The van der Waals surface area contributed by atoms with Gasteiger partial charge in [-0.3, -0.25) is 0 Å². The zero-order valence-corrected chi connectivity index (χ0v) is 16.3. The van der Waals surface area contributed by atoms with Crippen molar-refractivity contribution in [2.75, 3.05) is 18.0 Å². The van der Waals surface area contributed by atoms with Crippen molar-refractivity contribution in [1.29, 1.82) is 5.26 Å². The van der Waals surface area contributed by atoms with Crippen LogP contribution >= 0.6 is 0 Å². The fourth-order valence-electron chi connectivity index (χ4n) is 3.55.